The monoisotopic (exact) mass is 337 g/mol. The van der Waals surface area contributed by atoms with E-state index in [1.165, 1.54) is 5.56 Å². The Balaban J connectivity index is 1.60. The summed E-state index contributed by atoms with van der Waals surface area (Å²) >= 11 is 0. The molecule has 0 spiro atoms. The van der Waals surface area contributed by atoms with E-state index in [9.17, 15) is 9.59 Å². The summed E-state index contributed by atoms with van der Waals surface area (Å²) < 4.78 is 0. The molecule has 130 valence electrons. The van der Waals surface area contributed by atoms with Gasteiger partial charge in [-0.3, -0.25) is 4.79 Å². The van der Waals surface area contributed by atoms with Crippen LogP contribution in [-0.4, -0.2) is 18.5 Å². The highest BCUT2D eigenvalue weighted by Crippen LogP contribution is 2.47. The molecule has 1 unspecified atom stereocenters. The summed E-state index contributed by atoms with van der Waals surface area (Å²) in [6.45, 7) is 0.619. The van der Waals surface area contributed by atoms with Crippen LogP contribution in [-0.2, 0) is 10.2 Å². The molecule has 0 bridgehead atoms. The van der Waals surface area contributed by atoms with Crippen LogP contribution < -0.4 is 16.4 Å². The molecular weight excluding hydrogens is 314 g/mol. The minimum Gasteiger partial charge on any atom is -0.355 e. The third kappa shape index (κ3) is 4.38. The van der Waals surface area contributed by atoms with E-state index in [2.05, 4.69) is 22.8 Å². The zero-order valence-corrected chi connectivity index (χ0v) is 14.1. The number of rotatable bonds is 7. The molecule has 0 heterocycles. The molecule has 4 N–H and O–H groups in total. The predicted molar refractivity (Wildman–Crippen MR) is 96.9 cm³/mol. The largest absolute Gasteiger partial charge is 0.355 e. The first-order valence-corrected chi connectivity index (χ1v) is 8.52. The van der Waals surface area contributed by atoms with Crippen LogP contribution in [0.5, 0.6) is 0 Å². The molecule has 3 rings (SSSR count). The topological polar surface area (TPSA) is 84.2 Å². The van der Waals surface area contributed by atoms with Gasteiger partial charge in [0.15, 0.2) is 0 Å². The molecule has 1 saturated carbocycles. The second-order valence-electron chi connectivity index (χ2n) is 6.60. The van der Waals surface area contributed by atoms with Gasteiger partial charge in [0.1, 0.15) is 0 Å². The Morgan fingerprint density at radius 1 is 1.00 bits per heavy atom. The van der Waals surface area contributed by atoms with Gasteiger partial charge < -0.3 is 16.4 Å². The van der Waals surface area contributed by atoms with E-state index in [-0.39, 0.29) is 17.7 Å². The highest BCUT2D eigenvalue weighted by molar-refractivity contribution is 5.79. The molecule has 1 fully saturated rings. The minimum atomic E-state index is -0.635. The Morgan fingerprint density at radius 2 is 1.60 bits per heavy atom. The van der Waals surface area contributed by atoms with Crippen molar-refractivity contribution in [3.05, 3.63) is 71.8 Å². The van der Waals surface area contributed by atoms with Crippen molar-refractivity contribution in [2.75, 3.05) is 6.54 Å². The SMILES string of the molecule is NC(=O)NC(CC(=O)NCC1(c2ccccc2)CC1)c1ccccc1. The number of hydrogen-bond donors (Lipinski definition) is 3. The summed E-state index contributed by atoms with van der Waals surface area (Å²) in [6, 6.07) is 18.6. The average Bonchev–Trinajstić information content (AvgIpc) is 3.42. The van der Waals surface area contributed by atoms with Crippen LogP contribution in [0.1, 0.15) is 36.4 Å². The maximum Gasteiger partial charge on any atom is 0.312 e. The molecule has 0 aliphatic heterocycles. The van der Waals surface area contributed by atoms with Gasteiger partial charge in [0.2, 0.25) is 5.91 Å². The molecule has 0 radical (unpaired) electrons. The third-order valence-electron chi connectivity index (χ3n) is 4.77. The number of benzene rings is 2. The maximum absolute atomic E-state index is 12.4. The first kappa shape index (κ1) is 17.0. The molecule has 1 aliphatic carbocycles. The molecular formula is C20H23N3O2. The number of hydrogen-bond acceptors (Lipinski definition) is 2. The molecule has 3 amide bonds. The molecule has 0 aromatic heterocycles. The van der Waals surface area contributed by atoms with Crippen molar-refractivity contribution in [3.8, 4) is 0 Å². The van der Waals surface area contributed by atoms with E-state index < -0.39 is 12.1 Å². The maximum atomic E-state index is 12.4. The van der Waals surface area contributed by atoms with E-state index >= 15 is 0 Å². The summed E-state index contributed by atoms with van der Waals surface area (Å²) in [4.78, 5) is 23.7. The Bertz CT molecular complexity index is 727. The van der Waals surface area contributed by atoms with Crippen molar-refractivity contribution < 1.29 is 9.59 Å². The van der Waals surface area contributed by atoms with Gasteiger partial charge in [0, 0.05) is 12.0 Å². The van der Waals surface area contributed by atoms with Crippen LogP contribution in [0, 0.1) is 0 Å². The van der Waals surface area contributed by atoms with Crippen molar-refractivity contribution in [2.24, 2.45) is 5.73 Å². The molecule has 5 heteroatoms. The third-order valence-corrected chi connectivity index (χ3v) is 4.77. The standard InChI is InChI=1S/C20H23N3O2/c21-19(25)23-17(15-7-3-1-4-8-15)13-18(24)22-14-20(11-12-20)16-9-5-2-6-10-16/h1-10,17H,11-14H2,(H,22,24)(H3,21,23,25). The van der Waals surface area contributed by atoms with Gasteiger partial charge in [-0.15, -0.1) is 0 Å². The summed E-state index contributed by atoms with van der Waals surface area (Å²) in [5.74, 6) is -0.0928. The van der Waals surface area contributed by atoms with Crippen LogP contribution >= 0.6 is 0 Å². The lowest BCUT2D eigenvalue weighted by Gasteiger charge is -2.20. The van der Waals surface area contributed by atoms with Gasteiger partial charge in [-0.1, -0.05) is 60.7 Å². The van der Waals surface area contributed by atoms with Crippen LogP contribution in [0.25, 0.3) is 0 Å². The number of urea groups is 1. The minimum absolute atomic E-state index is 0.0658. The van der Waals surface area contributed by atoms with Crippen molar-refractivity contribution in [1.82, 2.24) is 10.6 Å². The molecule has 1 atom stereocenters. The number of primary amides is 1. The van der Waals surface area contributed by atoms with E-state index in [4.69, 9.17) is 5.73 Å². The number of amides is 3. The van der Waals surface area contributed by atoms with Gasteiger partial charge >= 0.3 is 6.03 Å². The molecule has 25 heavy (non-hydrogen) atoms. The molecule has 5 nitrogen and oxygen atoms in total. The van der Waals surface area contributed by atoms with Crippen LogP contribution in [0.15, 0.2) is 60.7 Å². The number of nitrogens with two attached hydrogens (primary N) is 1. The fourth-order valence-electron chi connectivity index (χ4n) is 3.14. The smallest absolute Gasteiger partial charge is 0.312 e. The Labute approximate surface area is 147 Å². The Morgan fingerprint density at radius 3 is 2.16 bits per heavy atom. The summed E-state index contributed by atoms with van der Waals surface area (Å²) in [6.07, 6.45) is 2.33. The molecule has 2 aromatic rings. The first-order chi connectivity index (χ1) is 12.1. The van der Waals surface area contributed by atoms with Crippen molar-refractivity contribution in [2.45, 2.75) is 30.7 Å². The van der Waals surface area contributed by atoms with Crippen LogP contribution in [0.4, 0.5) is 4.79 Å². The molecule has 1 aliphatic rings. The summed E-state index contributed by atoms with van der Waals surface area (Å²) in [5.41, 5.74) is 7.45. The van der Waals surface area contributed by atoms with E-state index in [0.717, 1.165) is 18.4 Å². The first-order valence-electron chi connectivity index (χ1n) is 8.52. The lowest BCUT2D eigenvalue weighted by Crippen LogP contribution is -2.38. The van der Waals surface area contributed by atoms with Crippen molar-refractivity contribution in [3.63, 3.8) is 0 Å². The number of nitrogens with one attached hydrogen (secondary N) is 2. The zero-order valence-electron chi connectivity index (χ0n) is 14.1. The fraction of sp³-hybridized carbons (Fsp3) is 0.300. The molecule has 0 saturated heterocycles. The summed E-state index contributed by atoms with van der Waals surface area (Å²) in [7, 11) is 0. The fourth-order valence-corrected chi connectivity index (χ4v) is 3.14. The lowest BCUT2D eigenvalue weighted by molar-refractivity contribution is -0.121. The van der Waals surface area contributed by atoms with Crippen LogP contribution in [0.2, 0.25) is 0 Å². The quantitative estimate of drug-likeness (QED) is 0.725. The van der Waals surface area contributed by atoms with Gasteiger partial charge in [0.25, 0.3) is 0 Å². The highest BCUT2D eigenvalue weighted by atomic mass is 16.2. The van der Waals surface area contributed by atoms with E-state index in [0.29, 0.717) is 6.54 Å². The average molecular weight is 337 g/mol. The van der Waals surface area contributed by atoms with Crippen molar-refractivity contribution >= 4 is 11.9 Å². The van der Waals surface area contributed by atoms with Crippen molar-refractivity contribution in [1.29, 1.82) is 0 Å². The second kappa shape index (κ2) is 7.38. The number of carbonyl (C=O) groups is 2. The van der Waals surface area contributed by atoms with E-state index in [1.54, 1.807) is 0 Å². The molecule has 2 aromatic carbocycles. The van der Waals surface area contributed by atoms with Crippen LogP contribution in [0.3, 0.4) is 0 Å². The number of carbonyl (C=O) groups excluding carboxylic acids is 2. The predicted octanol–water partition coefficient (Wildman–Crippen LogP) is 2.63. The normalized spacial score (nSPS) is 15.8. The zero-order chi connectivity index (χ0) is 17.7. The summed E-state index contributed by atoms with van der Waals surface area (Å²) in [5, 5.41) is 5.68. The van der Waals surface area contributed by atoms with Gasteiger partial charge in [-0.05, 0) is 24.0 Å². The van der Waals surface area contributed by atoms with Gasteiger partial charge in [-0.25, -0.2) is 4.79 Å². The van der Waals surface area contributed by atoms with Gasteiger partial charge in [0.05, 0.1) is 12.5 Å². The van der Waals surface area contributed by atoms with E-state index in [1.807, 2.05) is 48.5 Å². The highest BCUT2D eigenvalue weighted by Gasteiger charge is 2.44. The van der Waals surface area contributed by atoms with Gasteiger partial charge in [-0.2, -0.15) is 0 Å². The lowest BCUT2D eigenvalue weighted by atomic mass is 9.96. The Kier molecular flexibility index (Phi) is 5.03. The Hall–Kier alpha value is -2.82. The second-order valence-corrected chi connectivity index (χ2v) is 6.60.